The van der Waals surface area contributed by atoms with Gasteiger partial charge in [-0.05, 0) is 97.7 Å². The van der Waals surface area contributed by atoms with Crippen LogP contribution < -0.4 is 10.6 Å². The van der Waals surface area contributed by atoms with Gasteiger partial charge in [-0.3, -0.25) is 4.79 Å². The van der Waals surface area contributed by atoms with E-state index in [-0.39, 0.29) is 34.2 Å². The van der Waals surface area contributed by atoms with E-state index in [1.165, 1.54) is 63.1 Å². The summed E-state index contributed by atoms with van der Waals surface area (Å²) in [6.07, 6.45) is 16.9. The van der Waals surface area contributed by atoms with Crippen LogP contribution in [0.2, 0.25) is 0 Å². The Bertz CT molecular complexity index is 1100. The molecule has 3 N–H and O–H groups in total. The number of alkyl carbamates (subject to hydrolysis) is 1. The average Bonchev–Trinajstić information content (AvgIpc) is 3.39. The minimum Gasteiger partial charge on any atom is -0.446 e. The van der Waals surface area contributed by atoms with Crippen LogP contribution >= 0.6 is 23.5 Å². The van der Waals surface area contributed by atoms with Crippen molar-refractivity contribution in [2.45, 2.75) is 136 Å². The molecule has 4 aliphatic carbocycles. The minimum atomic E-state index is -0.288. The number of aliphatic hydroxyl groups excluding tert-OH is 1. The average molecular weight is 723 g/mol. The maximum absolute atomic E-state index is 12.7. The topological polar surface area (TPSA) is 96.9 Å². The second kappa shape index (κ2) is 18.7. The van der Waals surface area contributed by atoms with E-state index in [2.05, 4.69) is 51.3 Å². The predicted molar refractivity (Wildman–Crippen MR) is 206 cm³/mol. The highest BCUT2D eigenvalue weighted by atomic mass is 32.2. The molecule has 3 saturated carbocycles. The Hall–Kier alpha value is -0.900. The lowest BCUT2D eigenvalue weighted by Crippen LogP contribution is -2.51. The Morgan fingerprint density at radius 2 is 1.80 bits per heavy atom. The summed E-state index contributed by atoms with van der Waals surface area (Å²) in [4.78, 5) is 24.7. The highest BCUT2D eigenvalue weighted by Gasteiger charge is 2.59. The molecule has 2 amide bonds. The summed E-state index contributed by atoms with van der Waals surface area (Å²) >= 11 is 2.95. The number of nitrogens with one attached hydrogen (secondary N) is 2. The van der Waals surface area contributed by atoms with Crippen LogP contribution in [0.25, 0.3) is 0 Å². The third-order valence-electron chi connectivity index (χ3n) is 13.0. The lowest BCUT2D eigenvalue weighted by atomic mass is 9.47. The molecule has 49 heavy (non-hydrogen) atoms. The van der Waals surface area contributed by atoms with Gasteiger partial charge in [-0.2, -0.15) is 11.8 Å². The molecular formula is C40H70N2O5S2. The smallest absolute Gasteiger partial charge is 0.407 e. The highest BCUT2D eigenvalue weighted by Crippen LogP contribution is 2.67. The molecule has 9 heteroatoms. The Balaban J connectivity index is 1.11. The largest absolute Gasteiger partial charge is 0.446 e. The lowest BCUT2D eigenvalue weighted by molar-refractivity contribution is -0.0581. The Morgan fingerprint density at radius 3 is 2.55 bits per heavy atom. The van der Waals surface area contributed by atoms with Crippen molar-refractivity contribution in [2.24, 2.45) is 46.3 Å². The van der Waals surface area contributed by atoms with Crippen LogP contribution in [-0.4, -0.2) is 71.7 Å². The maximum Gasteiger partial charge on any atom is 0.407 e. The summed E-state index contributed by atoms with van der Waals surface area (Å²) < 4.78 is 11.3. The maximum atomic E-state index is 12.7. The number of ether oxygens (including phenoxy) is 2. The summed E-state index contributed by atoms with van der Waals surface area (Å²) in [7, 11) is 0. The molecule has 0 aromatic carbocycles. The van der Waals surface area contributed by atoms with E-state index in [0.29, 0.717) is 38.1 Å². The number of hydrogen-bond donors (Lipinski definition) is 3. The molecule has 6 unspecified atom stereocenters. The summed E-state index contributed by atoms with van der Waals surface area (Å²) in [5.41, 5.74) is 2.35. The van der Waals surface area contributed by atoms with E-state index >= 15 is 0 Å². The first-order chi connectivity index (χ1) is 23.3. The molecule has 0 aromatic rings. The van der Waals surface area contributed by atoms with Gasteiger partial charge in [-0.25, -0.2) is 4.79 Å². The highest BCUT2D eigenvalue weighted by molar-refractivity contribution is 8.14. The number of fused-ring (bicyclic) bond motifs is 5. The molecule has 7 nitrogen and oxygen atoms in total. The van der Waals surface area contributed by atoms with Gasteiger partial charge in [0.05, 0.1) is 13.2 Å². The van der Waals surface area contributed by atoms with Crippen LogP contribution in [0.3, 0.4) is 0 Å². The standard InChI is InChI=1S/C40H70N2O5S2/c1-28(2)9-8-10-29(3)33-13-14-34-32-12-11-30-27-31(15-17-39(30,6)35(32)16-18-40(33,34)7)47-36(44)41-21-25-48-26-24-46-23-20-42-37(45)49-38(4,5)19-22-43/h11,28-29,31-35,43H,8-10,12-27H2,1-7H3,(H,41,44)(H,42,45)/t29?,31?,32?,33?,34?,35?,39-,40+/m0/s1. The molecule has 0 spiro atoms. The monoisotopic (exact) mass is 722 g/mol. The molecule has 0 bridgehead atoms. The molecule has 0 heterocycles. The third-order valence-corrected chi connectivity index (χ3v) is 15.1. The van der Waals surface area contributed by atoms with Crippen LogP contribution in [-0.2, 0) is 9.47 Å². The number of amides is 2. The molecule has 4 rings (SSSR count). The van der Waals surface area contributed by atoms with E-state index in [0.717, 1.165) is 66.3 Å². The molecule has 8 atom stereocenters. The first kappa shape index (κ1) is 40.9. The van der Waals surface area contributed by atoms with Crippen molar-refractivity contribution in [3.63, 3.8) is 0 Å². The number of hydrogen-bond acceptors (Lipinski definition) is 7. The fourth-order valence-electron chi connectivity index (χ4n) is 10.3. The van der Waals surface area contributed by atoms with E-state index in [1.807, 2.05) is 13.8 Å². The van der Waals surface area contributed by atoms with Gasteiger partial charge in [0.15, 0.2) is 0 Å². The summed E-state index contributed by atoms with van der Waals surface area (Å²) in [5.74, 6) is 6.67. The van der Waals surface area contributed by atoms with Crippen molar-refractivity contribution in [2.75, 3.05) is 44.4 Å². The normalized spacial score (nSPS) is 31.7. The molecule has 3 fully saturated rings. The van der Waals surface area contributed by atoms with Crippen molar-refractivity contribution in [3.8, 4) is 0 Å². The molecule has 0 aromatic heterocycles. The molecule has 0 aliphatic heterocycles. The van der Waals surface area contributed by atoms with Crippen LogP contribution in [0.4, 0.5) is 9.59 Å². The van der Waals surface area contributed by atoms with Crippen LogP contribution in [0.15, 0.2) is 11.6 Å². The van der Waals surface area contributed by atoms with Crippen LogP contribution in [0.5, 0.6) is 0 Å². The van der Waals surface area contributed by atoms with Gasteiger partial charge in [0, 0.05) is 42.4 Å². The van der Waals surface area contributed by atoms with Gasteiger partial charge in [0.25, 0.3) is 5.24 Å². The SMILES string of the molecule is CC(C)CCCC(C)C1CCC2C3CC=C4CC(OC(=O)NCCSCCOCCNC(=O)SC(C)(C)CCO)CC[C@]4(C)C3CC[C@]12C. The summed E-state index contributed by atoms with van der Waals surface area (Å²) in [6.45, 7) is 18.6. The number of carbonyl (C=O) groups is 2. The zero-order valence-corrected chi connectivity index (χ0v) is 33.6. The van der Waals surface area contributed by atoms with Gasteiger partial charge >= 0.3 is 6.09 Å². The Kier molecular flexibility index (Phi) is 15.6. The number of carbonyl (C=O) groups excluding carboxylic acids is 2. The van der Waals surface area contributed by atoms with Crippen LogP contribution in [0.1, 0.15) is 126 Å². The number of rotatable bonds is 18. The first-order valence-electron chi connectivity index (χ1n) is 19.7. The molecule has 282 valence electrons. The molecule has 0 saturated heterocycles. The Morgan fingerprint density at radius 1 is 1.00 bits per heavy atom. The zero-order chi connectivity index (χ0) is 35.7. The minimum absolute atomic E-state index is 0.0204. The van der Waals surface area contributed by atoms with Crippen molar-refractivity contribution >= 4 is 34.9 Å². The second-order valence-electron chi connectivity index (χ2n) is 17.3. The van der Waals surface area contributed by atoms with Crippen LogP contribution in [0, 0.1) is 46.3 Å². The van der Waals surface area contributed by atoms with Crippen molar-refractivity contribution in [1.82, 2.24) is 10.6 Å². The quantitative estimate of drug-likeness (QED) is 0.0958. The number of thioether (sulfide) groups is 2. The second-order valence-corrected chi connectivity index (χ2v) is 20.2. The number of aliphatic hydroxyl groups is 1. The number of allylic oxidation sites excluding steroid dienone is 1. The molecule has 0 radical (unpaired) electrons. The molecular weight excluding hydrogens is 653 g/mol. The van der Waals surface area contributed by atoms with Crippen molar-refractivity contribution in [1.29, 1.82) is 0 Å². The van der Waals surface area contributed by atoms with Gasteiger partial charge in [0.2, 0.25) is 0 Å². The first-order valence-corrected chi connectivity index (χ1v) is 21.6. The zero-order valence-electron chi connectivity index (χ0n) is 32.0. The van der Waals surface area contributed by atoms with Gasteiger partial charge < -0.3 is 25.2 Å². The predicted octanol–water partition coefficient (Wildman–Crippen LogP) is 9.48. The van der Waals surface area contributed by atoms with E-state index in [4.69, 9.17) is 14.6 Å². The third kappa shape index (κ3) is 11.1. The Labute approximate surface area is 307 Å². The molecule has 4 aliphatic rings. The summed E-state index contributed by atoms with van der Waals surface area (Å²) in [6, 6.07) is 0. The van der Waals surface area contributed by atoms with E-state index < -0.39 is 0 Å². The van der Waals surface area contributed by atoms with Gasteiger partial charge in [-0.15, -0.1) is 0 Å². The van der Waals surface area contributed by atoms with Gasteiger partial charge in [-0.1, -0.05) is 91.1 Å². The fourth-order valence-corrected chi connectivity index (χ4v) is 11.9. The van der Waals surface area contributed by atoms with E-state index in [9.17, 15) is 9.59 Å². The summed E-state index contributed by atoms with van der Waals surface area (Å²) in [5, 5.41) is 14.8. The lowest BCUT2D eigenvalue weighted by Gasteiger charge is -2.58. The van der Waals surface area contributed by atoms with E-state index in [1.54, 1.807) is 17.3 Å². The van der Waals surface area contributed by atoms with Gasteiger partial charge in [0.1, 0.15) is 6.10 Å². The van der Waals surface area contributed by atoms with Crippen molar-refractivity contribution in [3.05, 3.63) is 11.6 Å². The fraction of sp³-hybridized carbons (Fsp3) is 0.900. The van der Waals surface area contributed by atoms with Crippen molar-refractivity contribution < 1.29 is 24.2 Å².